The predicted octanol–water partition coefficient (Wildman–Crippen LogP) is 5.81. The Morgan fingerprint density at radius 2 is 1.49 bits per heavy atom. The van der Waals surface area contributed by atoms with E-state index in [9.17, 15) is 9.90 Å². The third kappa shape index (κ3) is 6.25. The van der Waals surface area contributed by atoms with Crippen LogP contribution in [-0.4, -0.2) is 23.8 Å². The van der Waals surface area contributed by atoms with Gasteiger partial charge in [0.05, 0.1) is 17.3 Å². The molecule has 0 aliphatic rings. The highest BCUT2D eigenvalue weighted by Gasteiger charge is 2.39. The average Bonchev–Trinajstić information content (AvgIpc) is 2.94. The van der Waals surface area contributed by atoms with E-state index in [-0.39, 0.29) is 0 Å². The molecular formula is C30H27BrN2O4. The van der Waals surface area contributed by atoms with Crippen molar-refractivity contribution >= 4 is 28.1 Å². The minimum atomic E-state index is -1.91. The van der Waals surface area contributed by atoms with E-state index in [2.05, 4.69) is 26.5 Å². The molecule has 0 spiro atoms. The minimum absolute atomic E-state index is 0.389. The van der Waals surface area contributed by atoms with Crippen LogP contribution in [0, 0.1) is 0 Å². The van der Waals surface area contributed by atoms with Gasteiger partial charge in [-0.3, -0.25) is 4.79 Å². The van der Waals surface area contributed by atoms with E-state index >= 15 is 0 Å². The summed E-state index contributed by atoms with van der Waals surface area (Å²) in [5.41, 5.74) is 3.17. The van der Waals surface area contributed by atoms with Gasteiger partial charge in [0.2, 0.25) is 0 Å². The first kappa shape index (κ1) is 26.1. The fourth-order valence-corrected chi connectivity index (χ4v) is 4.40. The molecule has 0 saturated heterocycles. The maximum absolute atomic E-state index is 13.2. The molecule has 0 unspecified atom stereocenters. The second kappa shape index (κ2) is 12.3. The molecule has 0 saturated carbocycles. The molecule has 0 aliphatic heterocycles. The number of aliphatic hydroxyl groups is 1. The Labute approximate surface area is 224 Å². The lowest BCUT2D eigenvalue weighted by Gasteiger charge is -2.27. The summed E-state index contributed by atoms with van der Waals surface area (Å²) in [6.45, 7) is 2.73. The molecule has 6 nitrogen and oxygen atoms in total. The molecule has 2 N–H and O–H groups in total. The second-order valence-corrected chi connectivity index (χ2v) is 9.03. The van der Waals surface area contributed by atoms with E-state index in [1.165, 1.54) is 6.21 Å². The number of ether oxygens (including phenoxy) is 2. The fourth-order valence-electron chi connectivity index (χ4n) is 3.83. The zero-order chi connectivity index (χ0) is 26.1. The van der Waals surface area contributed by atoms with Gasteiger partial charge in [-0.1, -0.05) is 91.0 Å². The molecule has 7 heteroatoms. The third-order valence-corrected chi connectivity index (χ3v) is 6.24. The summed E-state index contributed by atoms with van der Waals surface area (Å²) >= 11 is 3.56. The van der Waals surface area contributed by atoms with Crippen molar-refractivity contribution in [3.05, 3.63) is 130 Å². The van der Waals surface area contributed by atoms with Gasteiger partial charge in [0.1, 0.15) is 6.61 Å². The predicted molar refractivity (Wildman–Crippen MR) is 148 cm³/mol. The Morgan fingerprint density at radius 1 is 0.919 bits per heavy atom. The quantitative estimate of drug-likeness (QED) is 0.190. The largest absolute Gasteiger partial charge is 0.490 e. The number of amides is 1. The summed E-state index contributed by atoms with van der Waals surface area (Å²) in [7, 11) is 0. The topological polar surface area (TPSA) is 80.2 Å². The number of carbonyl (C=O) groups excluding carboxylic acids is 1. The van der Waals surface area contributed by atoms with Gasteiger partial charge in [-0.2, -0.15) is 5.10 Å². The number of nitrogens with one attached hydrogen (secondary N) is 1. The van der Waals surface area contributed by atoms with Crippen molar-refractivity contribution in [2.45, 2.75) is 19.1 Å². The van der Waals surface area contributed by atoms with Crippen LogP contribution in [0.5, 0.6) is 11.5 Å². The van der Waals surface area contributed by atoms with E-state index in [1.54, 1.807) is 54.6 Å². The van der Waals surface area contributed by atoms with Gasteiger partial charge in [0.15, 0.2) is 17.1 Å². The lowest BCUT2D eigenvalue weighted by Crippen LogP contribution is -2.43. The first-order chi connectivity index (χ1) is 18.0. The molecule has 188 valence electrons. The SMILES string of the molecule is CCOc1cc(/C=N\NC(=O)C(O)(c2ccccc2)c2ccccc2)cc(Br)c1OCc1ccccc1. The maximum atomic E-state index is 13.2. The van der Waals surface area contributed by atoms with Crippen molar-refractivity contribution in [1.82, 2.24) is 5.43 Å². The number of rotatable bonds is 10. The number of halogens is 1. The van der Waals surface area contributed by atoms with Crippen molar-refractivity contribution in [2.24, 2.45) is 5.10 Å². The van der Waals surface area contributed by atoms with Gasteiger partial charge in [-0.15, -0.1) is 0 Å². The van der Waals surface area contributed by atoms with Crippen LogP contribution in [-0.2, 0) is 17.0 Å². The molecule has 0 bridgehead atoms. The molecule has 0 heterocycles. The number of carbonyl (C=O) groups is 1. The third-order valence-electron chi connectivity index (χ3n) is 5.65. The van der Waals surface area contributed by atoms with Gasteiger partial charge in [-0.05, 0) is 57.2 Å². The van der Waals surface area contributed by atoms with Crippen LogP contribution in [0.1, 0.15) is 29.2 Å². The summed E-state index contributed by atoms with van der Waals surface area (Å²) in [5, 5.41) is 15.7. The minimum Gasteiger partial charge on any atom is -0.490 e. The molecule has 0 aliphatic carbocycles. The van der Waals surface area contributed by atoms with Crippen LogP contribution in [0.25, 0.3) is 0 Å². The Balaban J connectivity index is 1.54. The highest BCUT2D eigenvalue weighted by atomic mass is 79.9. The molecule has 0 radical (unpaired) electrons. The molecule has 0 fully saturated rings. The Hall–Kier alpha value is -3.94. The van der Waals surface area contributed by atoms with Crippen LogP contribution in [0.15, 0.2) is 113 Å². The molecule has 0 aromatic heterocycles. The van der Waals surface area contributed by atoms with Crippen molar-refractivity contribution < 1.29 is 19.4 Å². The lowest BCUT2D eigenvalue weighted by atomic mass is 9.85. The van der Waals surface area contributed by atoms with E-state index in [0.717, 1.165) is 5.56 Å². The highest BCUT2D eigenvalue weighted by Crippen LogP contribution is 2.37. The first-order valence-electron chi connectivity index (χ1n) is 11.8. The maximum Gasteiger partial charge on any atom is 0.281 e. The summed E-state index contributed by atoms with van der Waals surface area (Å²) in [6.07, 6.45) is 1.49. The van der Waals surface area contributed by atoms with Gasteiger partial charge < -0.3 is 14.6 Å². The molecule has 37 heavy (non-hydrogen) atoms. The zero-order valence-electron chi connectivity index (χ0n) is 20.3. The van der Waals surface area contributed by atoms with Gasteiger partial charge in [0.25, 0.3) is 5.91 Å². The van der Waals surface area contributed by atoms with Crippen molar-refractivity contribution in [2.75, 3.05) is 6.61 Å². The van der Waals surface area contributed by atoms with Crippen molar-refractivity contribution in [1.29, 1.82) is 0 Å². The molecule has 0 atom stereocenters. The van der Waals surface area contributed by atoms with E-state index in [0.29, 0.717) is 45.9 Å². The Bertz CT molecular complexity index is 1310. The number of benzene rings is 4. The second-order valence-electron chi connectivity index (χ2n) is 8.18. The monoisotopic (exact) mass is 558 g/mol. The van der Waals surface area contributed by atoms with Crippen LogP contribution in [0.3, 0.4) is 0 Å². The summed E-state index contributed by atoms with van der Waals surface area (Å²) in [4.78, 5) is 13.2. The first-order valence-corrected chi connectivity index (χ1v) is 12.6. The van der Waals surface area contributed by atoms with Crippen LogP contribution in [0.4, 0.5) is 0 Å². The Morgan fingerprint density at radius 3 is 2.05 bits per heavy atom. The standard InChI is InChI=1S/C30H27BrN2O4/c1-2-36-27-19-23(18-26(31)28(27)37-21-22-12-6-3-7-13-22)20-32-33-29(34)30(35,24-14-8-4-9-15-24)25-16-10-5-11-17-25/h3-20,35H,2,21H2,1H3,(H,33,34)/b32-20-. The molecule has 4 aromatic rings. The summed E-state index contributed by atoms with van der Waals surface area (Å²) < 4.78 is 12.5. The van der Waals surface area contributed by atoms with Gasteiger partial charge in [0, 0.05) is 0 Å². The Kier molecular flexibility index (Phi) is 8.72. The molecule has 1 amide bonds. The molecule has 4 rings (SSSR count). The summed E-state index contributed by atoms with van der Waals surface area (Å²) in [5.74, 6) is 0.452. The van der Waals surface area contributed by atoms with E-state index in [4.69, 9.17) is 9.47 Å². The fraction of sp³-hybridized carbons (Fsp3) is 0.133. The van der Waals surface area contributed by atoms with Crippen molar-refractivity contribution in [3.8, 4) is 11.5 Å². The smallest absolute Gasteiger partial charge is 0.281 e. The van der Waals surface area contributed by atoms with Crippen LogP contribution in [0.2, 0.25) is 0 Å². The number of hydrogen-bond acceptors (Lipinski definition) is 5. The normalized spacial score (nSPS) is 11.3. The lowest BCUT2D eigenvalue weighted by molar-refractivity contribution is -0.136. The van der Waals surface area contributed by atoms with Crippen molar-refractivity contribution in [3.63, 3.8) is 0 Å². The van der Waals surface area contributed by atoms with Gasteiger partial charge >= 0.3 is 0 Å². The van der Waals surface area contributed by atoms with Crippen LogP contribution >= 0.6 is 15.9 Å². The molecule has 4 aromatic carbocycles. The number of hydrogen-bond donors (Lipinski definition) is 2. The number of nitrogens with zero attached hydrogens (tertiary/aromatic N) is 1. The summed E-state index contributed by atoms with van der Waals surface area (Å²) in [6, 6.07) is 31.0. The van der Waals surface area contributed by atoms with Gasteiger partial charge in [-0.25, -0.2) is 5.43 Å². The molecular weight excluding hydrogens is 532 g/mol. The van der Waals surface area contributed by atoms with Crippen LogP contribution < -0.4 is 14.9 Å². The van der Waals surface area contributed by atoms with E-state index in [1.807, 2.05) is 55.5 Å². The number of hydrazone groups is 1. The highest BCUT2D eigenvalue weighted by molar-refractivity contribution is 9.10. The van der Waals surface area contributed by atoms with E-state index < -0.39 is 11.5 Å². The average molecular weight is 559 g/mol. The zero-order valence-corrected chi connectivity index (χ0v) is 21.9.